The molecule has 0 aliphatic carbocycles. The molecule has 0 aliphatic rings. The van der Waals surface area contributed by atoms with Gasteiger partial charge in [0.1, 0.15) is 11.5 Å². The summed E-state index contributed by atoms with van der Waals surface area (Å²) in [6.45, 7) is 4.72. The van der Waals surface area contributed by atoms with E-state index in [9.17, 15) is 14.4 Å². The molecule has 8 heteroatoms. The second kappa shape index (κ2) is 10.8. The third kappa shape index (κ3) is 7.12. The lowest BCUT2D eigenvalue weighted by atomic mass is 10.1. The van der Waals surface area contributed by atoms with Crippen molar-refractivity contribution in [2.75, 3.05) is 32.2 Å². The van der Waals surface area contributed by atoms with Gasteiger partial charge < -0.3 is 24.8 Å². The first-order valence-corrected chi connectivity index (χ1v) is 9.35. The summed E-state index contributed by atoms with van der Waals surface area (Å²) >= 11 is 0. The molecule has 2 aromatic rings. The molecule has 0 aromatic heterocycles. The molecule has 8 nitrogen and oxygen atoms in total. The van der Waals surface area contributed by atoms with Gasteiger partial charge in [-0.15, -0.1) is 0 Å². The molecular weight excluding hydrogens is 388 g/mol. The zero-order valence-electron chi connectivity index (χ0n) is 17.5. The molecule has 2 N–H and O–H groups in total. The summed E-state index contributed by atoms with van der Waals surface area (Å²) in [4.78, 5) is 35.6. The van der Waals surface area contributed by atoms with Crippen LogP contribution in [-0.2, 0) is 19.1 Å². The quantitative estimate of drug-likeness (QED) is 0.611. The summed E-state index contributed by atoms with van der Waals surface area (Å²) in [7, 11) is 1.55. The van der Waals surface area contributed by atoms with E-state index in [-0.39, 0.29) is 19.1 Å². The van der Waals surface area contributed by atoms with E-state index in [2.05, 4.69) is 10.6 Å². The van der Waals surface area contributed by atoms with Crippen molar-refractivity contribution in [1.82, 2.24) is 5.32 Å². The average molecular weight is 414 g/mol. The minimum atomic E-state index is -0.698. The van der Waals surface area contributed by atoms with E-state index in [1.54, 1.807) is 31.4 Å². The molecule has 2 rings (SSSR count). The molecule has 2 aromatic carbocycles. The van der Waals surface area contributed by atoms with Gasteiger partial charge in [-0.1, -0.05) is 17.7 Å². The number of methoxy groups -OCH3 is 1. The predicted octanol–water partition coefficient (Wildman–Crippen LogP) is 2.30. The molecular formula is C22H26N2O6. The number of hydrogen-bond acceptors (Lipinski definition) is 6. The summed E-state index contributed by atoms with van der Waals surface area (Å²) in [5, 5.41) is 5.19. The van der Waals surface area contributed by atoms with Gasteiger partial charge in [0.2, 0.25) is 5.91 Å². The van der Waals surface area contributed by atoms with Crippen LogP contribution in [0.4, 0.5) is 5.69 Å². The Hall–Kier alpha value is -3.55. The standard InChI is InChI=1S/C22H26N2O6/c1-14-9-15(2)22(16(3)10-14)24-19(25)11-23-20(26)12-30-21(27)13-29-18-7-5-17(28-4)6-8-18/h5-10H,11-13H2,1-4H3,(H,23,26)(H,24,25). The summed E-state index contributed by atoms with van der Waals surface area (Å²) < 4.78 is 15.1. The Kier molecular flexibility index (Phi) is 8.22. The highest BCUT2D eigenvalue weighted by Gasteiger charge is 2.12. The number of carbonyl (C=O) groups excluding carboxylic acids is 3. The van der Waals surface area contributed by atoms with Gasteiger partial charge in [-0.25, -0.2) is 4.79 Å². The first-order chi connectivity index (χ1) is 14.3. The van der Waals surface area contributed by atoms with E-state index in [1.807, 2.05) is 32.9 Å². The number of nitrogens with one attached hydrogen (secondary N) is 2. The van der Waals surface area contributed by atoms with Gasteiger partial charge in [0.05, 0.1) is 13.7 Å². The Labute approximate surface area is 175 Å². The predicted molar refractivity (Wildman–Crippen MR) is 112 cm³/mol. The number of rotatable bonds is 9. The van der Waals surface area contributed by atoms with E-state index in [1.165, 1.54) is 0 Å². The Morgan fingerprint density at radius 2 is 1.47 bits per heavy atom. The summed E-state index contributed by atoms with van der Waals surface area (Å²) in [5.74, 6) is -0.516. The van der Waals surface area contributed by atoms with E-state index in [0.717, 1.165) is 22.4 Å². The molecule has 2 amide bonds. The van der Waals surface area contributed by atoms with Gasteiger partial charge in [-0.05, 0) is 56.2 Å². The van der Waals surface area contributed by atoms with Crippen LogP contribution in [0.1, 0.15) is 16.7 Å². The van der Waals surface area contributed by atoms with Crippen molar-refractivity contribution in [2.24, 2.45) is 0 Å². The highest BCUT2D eigenvalue weighted by molar-refractivity contribution is 5.96. The number of hydrogen-bond donors (Lipinski definition) is 2. The second-order valence-corrected chi connectivity index (χ2v) is 6.72. The van der Waals surface area contributed by atoms with Gasteiger partial charge in [0.15, 0.2) is 13.2 Å². The topological polar surface area (TPSA) is 103 Å². The summed E-state index contributed by atoms with van der Waals surface area (Å²) in [5.41, 5.74) is 3.71. The van der Waals surface area contributed by atoms with E-state index in [4.69, 9.17) is 14.2 Å². The molecule has 30 heavy (non-hydrogen) atoms. The second-order valence-electron chi connectivity index (χ2n) is 6.72. The molecule has 0 bridgehead atoms. The third-order valence-electron chi connectivity index (χ3n) is 4.17. The number of amides is 2. The summed E-state index contributed by atoms with van der Waals surface area (Å²) in [6.07, 6.45) is 0. The first-order valence-electron chi connectivity index (χ1n) is 9.35. The molecule has 0 spiro atoms. The fourth-order valence-electron chi connectivity index (χ4n) is 2.79. The SMILES string of the molecule is COc1ccc(OCC(=O)OCC(=O)NCC(=O)Nc2c(C)cc(C)cc2C)cc1. The lowest BCUT2D eigenvalue weighted by Crippen LogP contribution is -2.36. The van der Waals surface area contributed by atoms with Crippen LogP contribution in [0.3, 0.4) is 0 Å². The molecule has 0 radical (unpaired) electrons. The molecule has 0 saturated carbocycles. The van der Waals surface area contributed by atoms with Crippen molar-refractivity contribution < 1.29 is 28.6 Å². The molecule has 0 aliphatic heterocycles. The molecule has 0 unspecified atom stereocenters. The van der Waals surface area contributed by atoms with Gasteiger partial charge in [-0.3, -0.25) is 9.59 Å². The fourth-order valence-corrected chi connectivity index (χ4v) is 2.79. The fraction of sp³-hybridized carbons (Fsp3) is 0.318. The van der Waals surface area contributed by atoms with Crippen molar-refractivity contribution in [3.63, 3.8) is 0 Å². The van der Waals surface area contributed by atoms with Crippen LogP contribution in [-0.4, -0.2) is 44.7 Å². The van der Waals surface area contributed by atoms with Crippen LogP contribution >= 0.6 is 0 Å². The van der Waals surface area contributed by atoms with Crippen LogP contribution < -0.4 is 20.1 Å². The molecule has 0 atom stereocenters. The maximum atomic E-state index is 12.1. The highest BCUT2D eigenvalue weighted by atomic mass is 16.6. The van der Waals surface area contributed by atoms with Crippen LogP contribution in [0.25, 0.3) is 0 Å². The molecule has 0 heterocycles. The number of carbonyl (C=O) groups is 3. The van der Waals surface area contributed by atoms with Crippen molar-refractivity contribution in [1.29, 1.82) is 0 Å². The zero-order valence-corrected chi connectivity index (χ0v) is 17.5. The Morgan fingerprint density at radius 3 is 2.07 bits per heavy atom. The normalized spacial score (nSPS) is 10.1. The maximum absolute atomic E-state index is 12.1. The van der Waals surface area contributed by atoms with E-state index < -0.39 is 18.5 Å². The van der Waals surface area contributed by atoms with Crippen molar-refractivity contribution in [2.45, 2.75) is 20.8 Å². The van der Waals surface area contributed by atoms with Crippen LogP contribution in [0, 0.1) is 20.8 Å². The Morgan fingerprint density at radius 1 is 0.867 bits per heavy atom. The van der Waals surface area contributed by atoms with Gasteiger partial charge in [-0.2, -0.15) is 0 Å². The molecule has 160 valence electrons. The van der Waals surface area contributed by atoms with Crippen LogP contribution in [0.15, 0.2) is 36.4 Å². The van der Waals surface area contributed by atoms with Gasteiger partial charge in [0.25, 0.3) is 5.91 Å². The van der Waals surface area contributed by atoms with Crippen molar-refractivity contribution in [3.8, 4) is 11.5 Å². The van der Waals surface area contributed by atoms with Crippen LogP contribution in [0.5, 0.6) is 11.5 Å². The minimum Gasteiger partial charge on any atom is -0.497 e. The number of ether oxygens (including phenoxy) is 3. The lowest BCUT2D eigenvalue weighted by Gasteiger charge is -2.13. The highest BCUT2D eigenvalue weighted by Crippen LogP contribution is 2.21. The Balaban J connectivity index is 1.68. The van der Waals surface area contributed by atoms with Crippen molar-refractivity contribution >= 4 is 23.5 Å². The Bertz CT molecular complexity index is 885. The van der Waals surface area contributed by atoms with Gasteiger partial charge >= 0.3 is 5.97 Å². The van der Waals surface area contributed by atoms with E-state index >= 15 is 0 Å². The number of aryl methyl sites for hydroxylation is 3. The third-order valence-corrected chi connectivity index (χ3v) is 4.17. The smallest absolute Gasteiger partial charge is 0.344 e. The average Bonchev–Trinajstić information content (AvgIpc) is 2.72. The molecule has 0 saturated heterocycles. The minimum absolute atomic E-state index is 0.231. The number of esters is 1. The van der Waals surface area contributed by atoms with Crippen molar-refractivity contribution in [3.05, 3.63) is 53.1 Å². The number of anilines is 1. The van der Waals surface area contributed by atoms with Gasteiger partial charge in [0, 0.05) is 5.69 Å². The van der Waals surface area contributed by atoms with E-state index in [0.29, 0.717) is 11.5 Å². The maximum Gasteiger partial charge on any atom is 0.344 e. The monoisotopic (exact) mass is 414 g/mol. The largest absolute Gasteiger partial charge is 0.497 e. The lowest BCUT2D eigenvalue weighted by molar-refractivity contribution is -0.150. The van der Waals surface area contributed by atoms with Crippen LogP contribution in [0.2, 0.25) is 0 Å². The zero-order chi connectivity index (χ0) is 22.1. The first kappa shape index (κ1) is 22.7. The molecule has 0 fully saturated rings. The summed E-state index contributed by atoms with van der Waals surface area (Å²) in [6, 6.07) is 10.6. The number of benzene rings is 2.